The van der Waals surface area contributed by atoms with E-state index in [4.69, 9.17) is 4.74 Å². The summed E-state index contributed by atoms with van der Waals surface area (Å²) in [6.45, 7) is 4.89. The molecule has 0 bridgehead atoms. The second kappa shape index (κ2) is 7.75. The van der Waals surface area contributed by atoms with Gasteiger partial charge in [-0.2, -0.15) is 0 Å². The van der Waals surface area contributed by atoms with Crippen LogP contribution in [0.25, 0.3) is 11.0 Å². The van der Waals surface area contributed by atoms with Gasteiger partial charge in [0.1, 0.15) is 17.0 Å². The molecule has 0 unspecified atom stereocenters. The van der Waals surface area contributed by atoms with Gasteiger partial charge in [-0.25, -0.2) is 9.37 Å². The Morgan fingerprint density at radius 3 is 2.55 bits per heavy atom. The second-order valence-electron chi connectivity index (χ2n) is 7.46. The zero-order valence-electron chi connectivity index (χ0n) is 16.3. The Bertz CT molecular complexity index is 1100. The zero-order chi connectivity index (χ0) is 20.5. The summed E-state index contributed by atoms with van der Waals surface area (Å²) in [4.78, 5) is 32.5. The number of pyridine rings is 2. The van der Waals surface area contributed by atoms with Crippen LogP contribution in [-0.4, -0.2) is 45.7 Å². The van der Waals surface area contributed by atoms with Crippen molar-refractivity contribution >= 4 is 16.9 Å². The number of aromatic nitrogens is 2. The first-order valence-electron chi connectivity index (χ1n) is 9.60. The van der Waals surface area contributed by atoms with E-state index in [-0.39, 0.29) is 36.0 Å². The smallest absolute Gasteiger partial charge is 0.265 e. The summed E-state index contributed by atoms with van der Waals surface area (Å²) in [5.41, 5.74) is 0.937. The van der Waals surface area contributed by atoms with Crippen LogP contribution >= 0.6 is 0 Å². The van der Waals surface area contributed by atoms with Gasteiger partial charge in [-0.3, -0.25) is 14.2 Å². The number of ether oxygens (including phenoxy) is 1. The first-order chi connectivity index (χ1) is 13.9. The van der Waals surface area contributed by atoms with Gasteiger partial charge in [-0.1, -0.05) is 12.1 Å². The summed E-state index contributed by atoms with van der Waals surface area (Å²) in [5, 5.41) is 0.701. The third-order valence-corrected chi connectivity index (χ3v) is 5.04. The molecule has 3 heterocycles. The third-order valence-electron chi connectivity index (χ3n) is 5.04. The van der Waals surface area contributed by atoms with E-state index in [1.54, 1.807) is 35.4 Å². The Morgan fingerprint density at radius 1 is 1.17 bits per heavy atom. The maximum absolute atomic E-state index is 13.3. The van der Waals surface area contributed by atoms with Gasteiger partial charge in [0.2, 0.25) is 0 Å². The zero-order valence-corrected chi connectivity index (χ0v) is 16.3. The van der Waals surface area contributed by atoms with Gasteiger partial charge in [-0.05, 0) is 49.7 Å². The second-order valence-corrected chi connectivity index (χ2v) is 7.46. The molecule has 150 valence electrons. The van der Waals surface area contributed by atoms with Crippen molar-refractivity contribution in [2.75, 3.05) is 13.1 Å². The number of halogens is 1. The topological polar surface area (TPSA) is 64.4 Å². The average Bonchev–Trinajstić information content (AvgIpc) is 2.70. The van der Waals surface area contributed by atoms with Crippen molar-refractivity contribution in [2.24, 2.45) is 0 Å². The van der Waals surface area contributed by atoms with Crippen LogP contribution in [0.1, 0.15) is 29.8 Å². The molecule has 29 heavy (non-hydrogen) atoms. The molecule has 0 radical (unpaired) electrons. The molecule has 0 spiro atoms. The Morgan fingerprint density at radius 2 is 1.86 bits per heavy atom. The van der Waals surface area contributed by atoms with Crippen LogP contribution in [0.5, 0.6) is 0 Å². The van der Waals surface area contributed by atoms with E-state index in [0.717, 1.165) is 5.56 Å². The molecular weight excluding hydrogens is 373 g/mol. The molecular formula is C22H22FN3O3. The molecule has 0 aliphatic carbocycles. The summed E-state index contributed by atoms with van der Waals surface area (Å²) in [6, 6.07) is 11.1. The van der Waals surface area contributed by atoms with Gasteiger partial charge in [-0.15, -0.1) is 0 Å². The molecule has 0 N–H and O–H groups in total. The summed E-state index contributed by atoms with van der Waals surface area (Å²) >= 11 is 0. The first kappa shape index (κ1) is 19.3. The molecule has 3 aromatic rings. The van der Waals surface area contributed by atoms with Gasteiger partial charge in [0.25, 0.3) is 11.5 Å². The Labute approximate surface area is 167 Å². The average molecular weight is 395 g/mol. The maximum atomic E-state index is 13.3. The van der Waals surface area contributed by atoms with E-state index in [1.807, 2.05) is 19.9 Å². The lowest BCUT2D eigenvalue weighted by atomic mass is 10.1. The number of carbonyl (C=O) groups is 1. The highest BCUT2D eigenvalue weighted by atomic mass is 19.1. The molecule has 1 aliphatic rings. The molecule has 1 fully saturated rings. The maximum Gasteiger partial charge on any atom is 0.265 e. The van der Waals surface area contributed by atoms with E-state index >= 15 is 0 Å². The van der Waals surface area contributed by atoms with Crippen LogP contribution in [0.4, 0.5) is 4.39 Å². The highest BCUT2D eigenvalue weighted by Crippen LogP contribution is 2.17. The van der Waals surface area contributed by atoms with E-state index < -0.39 is 5.56 Å². The molecule has 2 aromatic heterocycles. The standard InChI is InChI=1S/C22H22FN3O3/c1-14-11-25(12-15(2)29-14)21(27)19-10-17-4-3-9-24-20(17)26(22(19)28)13-16-5-7-18(23)8-6-16/h3-10,14-15H,11-13H2,1-2H3/t14-,15-/m1/s1. The number of rotatable bonds is 3. The number of hydrogen-bond donors (Lipinski definition) is 0. The fraction of sp³-hybridized carbons (Fsp3) is 0.318. The Hall–Kier alpha value is -3.06. The molecule has 0 saturated carbocycles. The minimum atomic E-state index is -0.405. The molecule has 7 heteroatoms. The molecule has 2 atom stereocenters. The van der Waals surface area contributed by atoms with Crippen molar-refractivity contribution in [1.82, 2.24) is 14.5 Å². The van der Waals surface area contributed by atoms with Gasteiger partial charge in [0.05, 0.1) is 18.8 Å². The van der Waals surface area contributed by atoms with Gasteiger partial charge < -0.3 is 9.64 Å². The SMILES string of the molecule is C[C@@H]1CN(C(=O)c2cc3cccnc3n(Cc3ccc(F)cc3)c2=O)C[C@@H](C)O1. The highest BCUT2D eigenvalue weighted by Gasteiger charge is 2.29. The van der Waals surface area contributed by atoms with Crippen molar-refractivity contribution in [3.05, 3.63) is 76.0 Å². The van der Waals surface area contributed by atoms with Crippen LogP contribution in [-0.2, 0) is 11.3 Å². The quantitative estimate of drug-likeness (QED) is 0.684. The monoisotopic (exact) mass is 395 g/mol. The third kappa shape index (κ3) is 3.91. The lowest BCUT2D eigenvalue weighted by Crippen LogP contribution is -2.49. The minimum absolute atomic E-state index is 0.0914. The van der Waals surface area contributed by atoms with E-state index in [2.05, 4.69) is 4.98 Å². The first-order valence-corrected chi connectivity index (χ1v) is 9.60. The van der Waals surface area contributed by atoms with Crippen molar-refractivity contribution < 1.29 is 13.9 Å². The summed E-state index contributed by atoms with van der Waals surface area (Å²) < 4.78 is 20.4. The lowest BCUT2D eigenvalue weighted by Gasteiger charge is -2.35. The van der Waals surface area contributed by atoms with Crippen molar-refractivity contribution in [1.29, 1.82) is 0 Å². The number of amides is 1. The van der Waals surface area contributed by atoms with E-state index in [0.29, 0.717) is 24.1 Å². The Balaban J connectivity index is 1.79. The lowest BCUT2D eigenvalue weighted by molar-refractivity contribution is -0.0586. The van der Waals surface area contributed by atoms with Crippen molar-refractivity contribution in [3.63, 3.8) is 0 Å². The van der Waals surface area contributed by atoms with Crippen LogP contribution in [0.2, 0.25) is 0 Å². The molecule has 6 nitrogen and oxygen atoms in total. The number of carbonyl (C=O) groups excluding carboxylic acids is 1. The van der Waals surface area contributed by atoms with Crippen LogP contribution in [0.3, 0.4) is 0 Å². The molecule has 1 saturated heterocycles. The highest BCUT2D eigenvalue weighted by molar-refractivity contribution is 5.97. The fourth-order valence-corrected chi connectivity index (χ4v) is 3.79. The predicted octanol–water partition coefficient (Wildman–Crippen LogP) is 2.83. The summed E-state index contributed by atoms with van der Waals surface area (Å²) in [7, 11) is 0. The number of morpholine rings is 1. The molecule has 1 amide bonds. The van der Waals surface area contributed by atoms with Crippen LogP contribution in [0.15, 0.2) is 53.5 Å². The van der Waals surface area contributed by atoms with Crippen LogP contribution < -0.4 is 5.56 Å². The Kier molecular flexibility index (Phi) is 5.15. The van der Waals surface area contributed by atoms with Gasteiger partial charge in [0, 0.05) is 24.7 Å². The number of fused-ring (bicyclic) bond motifs is 1. The van der Waals surface area contributed by atoms with Gasteiger partial charge in [0.15, 0.2) is 0 Å². The van der Waals surface area contributed by atoms with E-state index in [1.165, 1.54) is 16.7 Å². The van der Waals surface area contributed by atoms with Crippen molar-refractivity contribution in [2.45, 2.75) is 32.6 Å². The normalized spacial score (nSPS) is 19.5. The largest absolute Gasteiger partial charge is 0.372 e. The van der Waals surface area contributed by atoms with E-state index in [9.17, 15) is 14.0 Å². The van der Waals surface area contributed by atoms with Crippen LogP contribution in [0, 0.1) is 5.82 Å². The van der Waals surface area contributed by atoms with Crippen molar-refractivity contribution in [3.8, 4) is 0 Å². The number of benzene rings is 1. The summed E-state index contributed by atoms with van der Waals surface area (Å²) in [6.07, 6.45) is 1.42. The summed E-state index contributed by atoms with van der Waals surface area (Å²) in [5.74, 6) is -0.654. The molecule has 1 aromatic carbocycles. The predicted molar refractivity (Wildman–Crippen MR) is 107 cm³/mol. The number of hydrogen-bond acceptors (Lipinski definition) is 4. The fourth-order valence-electron chi connectivity index (χ4n) is 3.79. The van der Waals surface area contributed by atoms with Gasteiger partial charge >= 0.3 is 0 Å². The molecule has 1 aliphatic heterocycles. The minimum Gasteiger partial charge on any atom is -0.372 e. The number of nitrogens with zero attached hydrogens (tertiary/aromatic N) is 3. The molecule has 4 rings (SSSR count).